The molecule has 0 heterocycles. The van der Waals surface area contributed by atoms with Gasteiger partial charge >= 0.3 is 0 Å². The van der Waals surface area contributed by atoms with Gasteiger partial charge in [-0.1, -0.05) is 42.0 Å². The molecule has 2 aromatic carbocycles. The Hall–Kier alpha value is -2.63. The molecule has 0 aliphatic heterocycles. The smallest absolute Gasteiger partial charge is 0.271 e. The zero-order chi connectivity index (χ0) is 16.7. The number of hydrogen-bond donors (Lipinski definition) is 3. The topological polar surface area (TPSA) is 81.9 Å². The second-order valence-corrected chi connectivity index (χ2v) is 5.03. The van der Waals surface area contributed by atoms with Gasteiger partial charge in [0.15, 0.2) is 0 Å². The third kappa shape index (κ3) is 4.95. The van der Waals surface area contributed by atoms with Crippen LogP contribution in [0.15, 0.2) is 53.6 Å². The number of benzene rings is 2. The summed E-state index contributed by atoms with van der Waals surface area (Å²) in [6.07, 6.45) is 4.93. The molecular weight excluding hydrogens is 316 g/mol. The number of phenolic OH excluding ortho intramolecular Hbond substituents is 1. The predicted molar refractivity (Wildman–Crippen MR) is 90.7 cm³/mol. The van der Waals surface area contributed by atoms with E-state index < -0.39 is 5.91 Å². The molecule has 118 valence electrons. The van der Waals surface area contributed by atoms with Gasteiger partial charge in [0.05, 0.1) is 17.8 Å². The van der Waals surface area contributed by atoms with Gasteiger partial charge in [-0.3, -0.25) is 4.79 Å². The Labute approximate surface area is 138 Å². The first-order valence-corrected chi connectivity index (χ1v) is 7.17. The van der Waals surface area contributed by atoms with Crippen molar-refractivity contribution in [2.24, 2.45) is 5.10 Å². The standard InChI is InChI=1S/C17H15ClN2O3/c18-15-10-14(6-7-16(15)22)17(23)20-19-11-13-4-1-3-12(9-13)5-2-8-21/h1-7,9-11,21-22H,8H2,(H,20,23). The fourth-order valence-electron chi connectivity index (χ4n) is 1.81. The number of aromatic hydroxyl groups is 1. The molecule has 0 radical (unpaired) electrons. The van der Waals surface area contributed by atoms with Crippen LogP contribution in [0.1, 0.15) is 21.5 Å². The summed E-state index contributed by atoms with van der Waals surface area (Å²) in [7, 11) is 0. The molecule has 1 amide bonds. The minimum Gasteiger partial charge on any atom is -0.506 e. The SMILES string of the molecule is O=C(NN=Cc1cccc(C=CCO)c1)c1ccc(O)c(Cl)c1. The lowest BCUT2D eigenvalue weighted by Crippen LogP contribution is -2.17. The fourth-order valence-corrected chi connectivity index (χ4v) is 1.99. The Bertz CT molecular complexity index is 757. The van der Waals surface area contributed by atoms with E-state index in [1.165, 1.54) is 24.4 Å². The van der Waals surface area contributed by atoms with Crippen LogP contribution in [0.3, 0.4) is 0 Å². The number of carbonyl (C=O) groups excluding carboxylic acids is 1. The summed E-state index contributed by atoms with van der Waals surface area (Å²) >= 11 is 5.75. The van der Waals surface area contributed by atoms with Crippen molar-refractivity contribution < 1.29 is 15.0 Å². The number of carbonyl (C=O) groups is 1. The summed E-state index contributed by atoms with van der Waals surface area (Å²) in [4.78, 5) is 11.9. The summed E-state index contributed by atoms with van der Waals surface area (Å²) in [6.45, 7) is -0.0242. The quantitative estimate of drug-likeness (QED) is 0.582. The molecule has 0 unspecified atom stereocenters. The number of phenols is 1. The van der Waals surface area contributed by atoms with Crippen molar-refractivity contribution >= 4 is 29.8 Å². The van der Waals surface area contributed by atoms with Crippen LogP contribution in [0.2, 0.25) is 5.02 Å². The number of nitrogens with one attached hydrogen (secondary N) is 1. The lowest BCUT2D eigenvalue weighted by molar-refractivity contribution is 0.0955. The number of hydrazone groups is 1. The number of nitrogens with zero attached hydrogens (tertiary/aromatic N) is 1. The number of halogens is 1. The summed E-state index contributed by atoms with van der Waals surface area (Å²) in [5, 5.41) is 22.1. The number of aliphatic hydroxyl groups excluding tert-OH is 1. The van der Waals surface area contributed by atoms with Gasteiger partial charge < -0.3 is 10.2 Å². The molecule has 0 atom stereocenters. The van der Waals surface area contributed by atoms with Crippen LogP contribution in [-0.2, 0) is 0 Å². The third-order valence-corrected chi connectivity index (χ3v) is 3.22. The number of amides is 1. The summed E-state index contributed by atoms with van der Waals surface area (Å²) in [5.41, 5.74) is 4.40. The van der Waals surface area contributed by atoms with Gasteiger partial charge in [0.25, 0.3) is 5.91 Å². The van der Waals surface area contributed by atoms with E-state index in [1.54, 1.807) is 12.2 Å². The first-order chi connectivity index (χ1) is 11.1. The minimum atomic E-state index is -0.431. The molecule has 0 aliphatic rings. The average molecular weight is 331 g/mol. The van der Waals surface area contributed by atoms with E-state index in [9.17, 15) is 9.90 Å². The molecule has 0 aliphatic carbocycles. The van der Waals surface area contributed by atoms with E-state index in [1.807, 2.05) is 24.3 Å². The van der Waals surface area contributed by atoms with E-state index >= 15 is 0 Å². The Balaban J connectivity index is 2.02. The molecule has 0 saturated carbocycles. The Kier molecular flexibility index (Phi) is 5.91. The molecule has 23 heavy (non-hydrogen) atoms. The number of hydrogen-bond acceptors (Lipinski definition) is 4. The first-order valence-electron chi connectivity index (χ1n) is 6.79. The second-order valence-electron chi connectivity index (χ2n) is 4.62. The average Bonchev–Trinajstić information content (AvgIpc) is 2.55. The van der Waals surface area contributed by atoms with Crippen molar-refractivity contribution in [3.05, 3.63) is 70.3 Å². The highest BCUT2D eigenvalue weighted by molar-refractivity contribution is 6.32. The van der Waals surface area contributed by atoms with E-state index in [-0.39, 0.29) is 17.4 Å². The highest BCUT2D eigenvalue weighted by Crippen LogP contribution is 2.23. The van der Waals surface area contributed by atoms with Gasteiger partial charge in [-0.15, -0.1) is 0 Å². The Morgan fingerprint density at radius 1 is 1.22 bits per heavy atom. The van der Waals surface area contributed by atoms with E-state index in [0.717, 1.165) is 11.1 Å². The molecule has 0 saturated heterocycles. The normalized spacial score (nSPS) is 11.2. The van der Waals surface area contributed by atoms with Gasteiger partial charge in [-0.25, -0.2) is 5.43 Å². The summed E-state index contributed by atoms with van der Waals surface area (Å²) < 4.78 is 0. The van der Waals surface area contributed by atoms with Gasteiger partial charge in [0, 0.05) is 5.56 Å². The molecule has 6 heteroatoms. The molecular formula is C17H15ClN2O3. The summed E-state index contributed by atoms with van der Waals surface area (Å²) in [6, 6.07) is 11.6. The van der Waals surface area contributed by atoms with E-state index in [2.05, 4.69) is 10.5 Å². The van der Waals surface area contributed by atoms with Crippen molar-refractivity contribution in [3.8, 4) is 5.75 Å². The van der Waals surface area contributed by atoms with Crippen LogP contribution in [0.25, 0.3) is 6.08 Å². The van der Waals surface area contributed by atoms with Crippen molar-refractivity contribution in [3.63, 3.8) is 0 Å². The highest BCUT2D eigenvalue weighted by Gasteiger charge is 2.07. The predicted octanol–water partition coefficient (Wildman–Crippen LogP) is 2.82. The highest BCUT2D eigenvalue weighted by atomic mass is 35.5. The van der Waals surface area contributed by atoms with E-state index in [4.69, 9.17) is 16.7 Å². The lowest BCUT2D eigenvalue weighted by atomic mass is 10.1. The zero-order valence-electron chi connectivity index (χ0n) is 12.1. The molecule has 0 spiro atoms. The maximum Gasteiger partial charge on any atom is 0.271 e. The maximum atomic E-state index is 11.9. The zero-order valence-corrected chi connectivity index (χ0v) is 12.9. The third-order valence-electron chi connectivity index (χ3n) is 2.92. The van der Waals surface area contributed by atoms with Crippen LogP contribution < -0.4 is 5.43 Å². The van der Waals surface area contributed by atoms with Crippen LogP contribution in [0.5, 0.6) is 5.75 Å². The first kappa shape index (κ1) is 16.7. The monoisotopic (exact) mass is 330 g/mol. The second kappa shape index (κ2) is 8.12. The van der Waals surface area contributed by atoms with Crippen LogP contribution in [0, 0.1) is 0 Å². The van der Waals surface area contributed by atoms with Gasteiger partial charge in [-0.05, 0) is 35.4 Å². The number of aliphatic hydroxyl groups is 1. The van der Waals surface area contributed by atoms with Crippen LogP contribution in [-0.4, -0.2) is 28.9 Å². The Morgan fingerprint density at radius 3 is 2.74 bits per heavy atom. The lowest BCUT2D eigenvalue weighted by Gasteiger charge is -2.02. The van der Waals surface area contributed by atoms with Crippen molar-refractivity contribution in [1.29, 1.82) is 0 Å². The Morgan fingerprint density at radius 2 is 2.00 bits per heavy atom. The summed E-state index contributed by atoms with van der Waals surface area (Å²) in [5.74, 6) is -0.515. The number of rotatable bonds is 5. The fraction of sp³-hybridized carbons (Fsp3) is 0.0588. The minimum absolute atomic E-state index is 0.0242. The molecule has 3 N–H and O–H groups in total. The van der Waals surface area contributed by atoms with Gasteiger partial charge in [-0.2, -0.15) is 5.10 Å². The van der Waals surface area contributed by atoms with Crippen molar-refractivity contribution in [2.75, 3.05) is 6.61 Å². The van der Waals surface area contributed by atoms with E-state index in [0.29, 0.717) is 5.56 Å². The molecule has 5 nitrogen and oxygen atoms in total. The van der Waals surface area contributed by atoms with Crippen molar-refractivity contribution in [2.45, 2.75) is 0 Å². The van der Waals surface area contributed by atoms with Gasteiger partial charge in [0.1, 0.15) is 5.75 Å². The van der Waals surface area contributed by atoms with Crippen molar-refractivity contribution in [1.82, 2.24) is 5.43 Å². The molecule has 0 fully saturated rings. The van der Waals surface area contributed by atoms with Crippen LogP contribution >= 0.6 is 11.6 Å². The molecule has 2 aromatic rings. The maximum absolute atomic E-state index is 11.9. The van der Waals surface area contributed by atoms with Gasteiger partial charge in [0.2, 0.25) is 0 Å². The molecule has 0 bridgehead atoms. The largest absolute Gasteiger partial charge is 0.506 e. The molecule has 2 rings (SSSR count). The molecule has 0 aromatic heterocycles. The van der Waals surface area contributed by atoms with Crippen LogP contribution in [0.4, 0.5) is 0 Å².